The van der Waals surface area contributed by atoms with Crippen molar-refractivity contribution in [2.45, 2.75) is 18.4 Å². The summed E-state index contributed by atoms with van der Waals surface area (Å²) >= 11 is 1.45. The number of aromatic nitrogens is 1. The lowest BCUT2D eigenvalue weighted by molar-refractivity contribution is 0.390. The van der Waals surface area contributed by atoms with Crippen molar-refractivity contribution in [3.8, 4) is 0 Å². The van der Waals surface area contributed by atoms with Crippen LogP contribution in [0.4, 0.5) is 5.69 Å². The van der Waals surface area contributed by atoms with Gasteiger partial charge in [0.1, 0.15) is 5.76 Å². The van der Waals surface area contributed by atoms with Gasteiger partial charge in [0, 0.05) is 22.4 Å². The fourth-order valence-electron chi connectivity index (χ4n) is 1.63. The molecule has 1 aromatic carbocycles. The SMILES string of the molecule is Cc1cc(CNS(=O)(=O)CCSc2cccc(N)c2)no1. The average Bonchev–Trinajstić information content (AvgIpc) is 2.82. The number of nitrogens with one attached hydrogen (secondary N) is 1. The van der Waals surface area contributed by atoms with Crippen molar-refractivity contribution in [1.29, 1.82) is 0 Å². The van der Waals surface area contributed by atoms with E-state index in [0.717, 1.165) is 4.90 Å². The van der Waals surface area contributed by atoms with E-state index in [9.17, 15) is 8.42 Å². The third-order valence-corrected chi connectivity index (χ3v) is 5.21. The van der Waals surface area contributed by atoms with E-state index >= 15 is 0 Å². The predicted molar refractivity (Wildman–Crippen MR) is 83.4 cm³/mol. The van der Waals surface area contributed by atoms with E-state index in [0.29, 0.717) is 22.9 Å². The Bertz CT molecular complexity index is 698. The maximum atomic E-state index is 11.9. The van der Waals surface area contributed by atoms with Gasteiger partial charge in [-0.15, -0.1) is 11.8 Å². The summed E-state index contributed by atoms with van der Waals surface area (Å²) in [6, 6.07) is 9.06. The van der Waals surface area contributed by atoms with Crippen molar-refractivity contribution in [3.63, 3.8) is 0 Å². The molecule has 2 aromatic rings. The molecule has 6 nitrogen and oxygen atoms in total. The van der Waals surface area contributed by atoms with E-state index < -0.39 is 10.0 Å². The van der Waals surface area contributed by atoms with Crippen molar-refractivity contribution in [3.05, 3.63) is 41.8 Å². The quantitative estimate of drug-likeness (QED) is 0.594. The van der Waals surface area contributed by atoms with Crippen LogP contribution in [0.5, 0.6) is 0 Å². The van der Waals surface area contributed by atoms with Crippen LogP contribution in [0, 0.1) is 6.92 Å². The molecule has 0 amide bonds. The number of hydrogen-bond acceptors (Lipinski definition) is 6. The van der Waals surface area contributed by atoms with Crippen molar-refractivity contribution < 1.29 is 12.9 Å². The molecule has 3 N–H and O–H groups in total. The lowest BCUT2D eigenvalue weighted by Crippen LogP contribution is -2.27. The Kier molecular flexibility index (Phi) is 5.27. The fourth-order valence-corrected chi connectivity index (χ4v) is 3.98. The molecule has 0 saturated heterocycles. The molecule has 1 aromatic heterocycles. The molecule has 0 spiro atoms. The molecule has 21 heavy (non-hydrogen) atoms. The van der Waals surface area contributed by atoms with Gasteiger partial charge in [-0.25, -0.2) is 13.1 Å². The van der Waals surface area contributed by atoms with Crippen LogP contribution in [-0.2, 0) is 16.6 Å². The smallest absolute Gasteiger partial charge is 0.212 e. The maximum Gasteiger partial charge on any atom is 0.212 e. The summed E-state index contributed by atoms with van der Waals surface area (Å²) in [5.41, 5.74) is 6.91. The first-order valence-corrected chi connectivity index (χ1v) is 8.96. The molecule has 8 heteroatoms. The van der Waals surface area contributed by atoms with Gasteiger partial charge in [-0.1, -0.05) is 11.2 Å². The lowest BCUT2D eigenvalue weighted by atomic mass is 10.3. The first-order chi connectivity index (χ1) is 9.94. The average molecular weight is 327 g/mol. The van der Waals surface area contributed by atoms with Gasteiger partial charge >= 0.3 is 0 Å². The molecular weight excluding hydrogens is 310 g/mol. The molecule has 0 radical (unpaired) electrons. The molecule has 0 atom stereocenters. The van der Waals surface area contributed by atoms with Gasteiger partial charge in [0.15, 0.2) is 0 Å². The number of benzene rings is 1. The zero-order chi connectivity index (χ0) is 15.3. The standard InChI is InChI=1S/C13H17N3O3S2/c1-10-7-12(16-19-10)9-15-21(17,18)6-5-20-13-4-2-3-11(14)8-13/h2-4,7-8,15H,5-6,9,14H2,1H3. The number of hydrogen-bond donors (Lipinski definition) is 2. The number of aryl methyl sites for hydroxylation is 1. The molecular formula is C13H17N3O3S2. The molecule has 1 heterocycles. The second-order valence-corrected chi connectivity index (χ2v) is 7.58. The first kappa shape index (κ1) is 15.9. The summed E-state index contributed by atoms with van der Waals surface area (Å²) in [4.78, 5) is 0.956. The first-order valence-electron chi connectivity index (χ1n) is 6.32. The van der Waals surface area contributed by atoms with Gasteiger partial charge in [0.05, 0.1) is 18.0 Å². The van der Waals surface area contributed by atoms with Crippen LogP contribution in [0.1, 0.15) is 11.5 Å². The number of rotatable bonds is 7. The topological polar surface area (TPSA) is 98.2 Å². The van der Waals surface area contributed by atoms with Crippen molar-refractivity contribution in [2.24, 2.45) is 0 Å². The zero-order valence-electron chi connectivity index (χ0n) is 11.6. The Hall–Kier alpha value is -1.51. The van der Waals surface area contributed by atoms with E-state index in [2.05, 4.69) is 9.88 Å². The number of sulfonamides is 1. The Morgan fingerprint density at radius 2 is 2.19 bits per heavy atom. The molecule has 0 aliphatic heterocycles. The minimum absolute atomic E-state index is 0.0311. The van der Waals surface area contributed by atoms with E-state index in [1.54, 1.807) is 19.1 Å². The van der Waals surface area contributed by atoms with Crippen LogP contribution in [0.3, 0.4) is 0 Å². The molecule has 0 saturated carbocycles. The fraction of sp³-hybridized carbons (Fsp3) is 0.308. The summed E-state index contributed by atoms with van der Waals surface area (Å²) in [5.74, 6) is 1.14. The second-order valence-electron chi connectivity index (χ2n) is 4.49. The van der Waals surface area contributed by atoms with E-state index in [-0.39, 0.29) is 12.3 Å². The highest BCUT2D eigenvalue weighted by Gasteiger charge is 2.11. The Morgan fingerprint density at radius 3 is 2.86 bits per heavy atom. The molecule has 0 bridgehead atoms. The highest BCUT2D eigenvalue weighted by molar-refractivity contribution is 8.00. The normalized spacial score (nSPS) is 11.7. The minimum atomic E-state index is -3.33. The Labute approximate surface area is 128 Å². The van der Waals surface area contributed by atoms with E-state index in [4.69, 9.17) is 10.3 Å². The summed E-state index contributed by atoms with van der Waals surface area (Å²) in [7, 11) is -3.33. The molecule has 0 aliphatic rings. The number of nitrogens with zero attached hydrogens (tertiary/aromatic N) is 1. The van der Waals surface area contributed by atoms with E-state index in [1.165, 1.54) is 11.8 Å². The van der Waals surface area contributed by atoms with Gasteiger partial charge in [0.25, 0.3) is 0 Å². The molecule has 0 fully saturated rings. The van der Waals surface area contributed by atoms with E-state index in [1.807, 2.05) is 18.2 Å². The number of nitrogen functional groups attached to an aromatic ring is 1. The van der Waals surface area contributed by atoms with Crippen molar-refractivity contribution >= 4 is 27.5 Å². The summed E-state index contributed by atoms with van der Waals surface area (Å²) in [6.07, 6.45) is 0. The summed E-state index contributed by atoms with van der Waals surface area (Å²) < 4.78 is 31.1. The zero-order valence-corrected chi connectivity index (χ0v) is 13.2. The maximum absolute atomic E-state index is 11.9. The van der Waals surface area contributed by atoms with Crippen molar-refractivity contribution in [2.75, 3.05) is 17.2 Å². The number of anilines is 1. The molecule has 0 aliphatic carbocycles. The highest BCUT2D eigenvalue weighted by Crippen LogP contribution is 2.20. The lowest BCUT2D eigenvalue weighted by Gasteiger charge is -2.05. The third kappa shape index (κ3) is 5.41. The largest absolute Gasteiger partial charge is 0.399 e. The second kappa shape index (κ2) is 6.97. The van der Waals surface area contributed by atoms with Crippen LogP contribution in [-0.4, -0.2) is 25.1 Å². The molecule has 0 unspecified atom stereocenters. The summed E-state index contributed by atoms with van der Waals surface area (Å²) in [6.45, 7) is 1.90. The van der Waals surface area contributed by atoms with Crippen LogP contribution in [0.2, 0.25) is 0 Å². The number of nitrogens with two attached hydrogens (primary N) is 1. The van der Waals surface area contributed by atoms with Gasteiger partial charge in [0.2, 0.25) is 10.0 Å². The Balaban J connectivity index is 1.78. The monoisotopic (exact) mass is 327 g/mol. The number of thioether (sulfide) groups is 1. The van der Waals surface area contributed by atoms with Gasteiger partial charge in [-0.2, -0.15) is 0 Å². The van der Waals surface area contributed by atoms with Crippen LogP contribution < -0.4 is 10.5 Å². The molecule has 2 rings (SSSR count). The summed E-state index contributed by atoms with van der Waals surface area (Å²) in [5, 5.41) is 3.74. The van der Waals surface area contributed by atoms with Gasteiger partial charge < -0.3 is 10.3 Å². The van der Waals surface area contributed by atoms with Gasteiger partial charge in [-0.05, 0) is 25.1 Å². The molecule has 114 valence electrons. The third-order valence-electron chi connectivity index (χ3n) is 2.63. The minimum Gasteiger partial charge on any atom is -0.399 e. The van der Waals surface area contributed by atoms with Crippen LogP contribution in [0.25, 0.3) is 0 Å². The van der Waals surface area contributed by atoms with Crippen molar-refractivity contribution in [1.82, 2.24) is 9.88 Å². The van der Waals surface area contributed by atoms with Gasteiger partial charge in [-0.3, -0.25) is 0 Å². The Morgan fingerprint density at radius 1 is 1.38 bits per heavy atom. The van der Waals surface area contributed by atoms with Crippen LogP contribution >= 0.6 is 11.8 Å². The highest BCUT2D eigenvalue weighted by atomic mass is 32.2. The predicted octanol–water partition coefficient (Wildman–Crippen LogP) is 1.78. The van der Waals surface area contributed by atoms with Crippen LogP contribution in [0.15, 0.2) is 39.8 Å².